The fraction of sp³-hybridized carbons (Fsp3) is 0.160. The van der Waals surface area contributed by atoms with Crippen LogP contribution in [0.3, 0.4) is 0 Å². The summed E-state index contributed by atoms with van der Waals surface area (Å²) in [5, 5.41) is 22.2. The number of aromatic nitrogens is 1. The molecular weight excluding hydrogens is 426 g/mol. The normalized spacial score (nSPS) is 11.2. The van der Waals surface area contributed by atoms with Crippen molar-refractivity contribution in [1.29, 1.82) is 5.26 Å². The zero-order valence-corrected chi connectivity index (χ0v) is 18.9. The van der Waals surface area contributed by atoms with E-state index in [4.69, 9.17) is 11.6 Å². The molecule has 0 aliphatic heterocycles. The summed E-state index contributed by atoms with van der Waals surface area (Å²) in [6.07, 6.45) is 1.53. The van der Waals surface area contributed by atoms with E-state index in [1.807, 2.05) is 43.5 Å². The number of nitrogens with zero attached hydrogens (tertiary/aromatic N) is 2. The molecule has 2 aromatic carbocycles. The molecule has 1 aromatic heterocycles. The summed E-state index contributed by atoms with van der Waals surface area (Å²) in [6.45, 7) is 7.36. The molecule has 0 unspecified atom stereocenters. The van der Waals surface area contributed by atoms with E-state index in [9.17, 15) is 20.0 Å². The van der Waals surface area contributed by atoms with Crippen LogP contribution < -0.4 is 5.32 Å². The van der Waals surface area contributed by atoms with E-state index in [2.05, 4.69) is 5.32 Å². The number of hydrogen-bond acceptors (Lipinski definition) is 3. The molecule has 0 atom stereocenters. The Morgan fingerprint density at radius 3 is 2.47 bits per heavy atom. The van der Waals surface area contributed by atoms with Crippen LogP contribution in [0.1, 0.15) is 38.4 Å². The number of carbonyl (C=O) groups excluding carboxylic acids is 1. The number of benzene rings is 2. The molecule has 162 valence electrons. The lowest BCUT2D eigenvalue weighted by molar-refractivity contribution is -0.112. The highest BCUT2D eigenvalue weighted by atomic mass is 35.5. The second-order valence-corrected chi connectivity index (χ2v) is 7.91. The van der Waals surface area contributed by atoms with Gasteiger partial charge < -0.3 is 15.0 Å². The Hall–Kier alpha value is -3.82. The van der Waals surface area contributed by atoms with Crippen molar-refractivity contribution in [2.45, 2.75) is 27.7 Å². The van der Waals surface area contributed by atoms with E-state index < -0.39 is 11.9 Å². The van der Waals surface area contributed by atoms with E-state index in [-0.39, 0.29) is 11.1 Å². The Morgan fingerprint density at radius 1 is 1.12 bits per heavy atom. The number of anilines is 1. The predicted octanol–water partition coefficient (Wildman–Crippen LogP) is 5.61. The number of aryl methyl sites for hydroxylation is 2. The van der Waals surface area contributed by atoms with E-state index >= 15 is 0 Å². The van der Waals surface area contributed by atoms with Gasteiger partial charge in [0.2, 0.25) is 0 Å². The van der Waals surface area contributed by atoms with E-state index in [0.29, 0.717) is 21.8 Å². The second kappa shape index (κ2) is 9.13. The molecule has 32 heavy (non-hydrogen) atoms. The maximum absolute atomic E-state index is 12.7. The average molecular weight is 448 g/mol. The quantitative estimate of drug-likeness (QED) is 0.392. The third-order valence-corrected chi connectivity index (χ3v) is 5.75. The van der Waals surface area contributed by atoms with Gasteiger partial charge in [-0.2, -0.15) is 5.26 Å². The molecule has 0 radical (unpaired) electrons. The Labute approximate surface area is 191 Å². The number of halogens is 1. The van der Waals surface area contributed by atoms with Gasteiger partial charge in [0.15, 0.2) is 0 Å². The third-order valence-electron chi connectivity index (χ3n) is 5.34. The topological polar surface area (TPSA) is 95.1 Å². The number of aromatic carboxylic acids is 1. The highest BCUT2D eigenvalue weighted by Gasteiger charge is 2.17. The number of nitrogens with one attached hydrogen (secondary N) is 1. The zero-order chi connectivity index (χ0) is 23.6. The van der Waals surface area contributed by atoms with Crippen molar-refractivity contribution in [3.8, 4) is 11.8 Å². The third kappa shape index (κ3) is 4.43. The Morgan fingerprint density at radius 2 is 1.84 bits per heavy atom. The van der Waals surface area contributed by atoms with Crippen molar-refractivity contribution < 1.29 is 14.7 Å². The van der Waals surface area contributed by atoms with Gasteiger partial charge in [-0.1, -0.05) is 23.7 Å². The molecule has 6 nitrogen and oxygen atoms in total. The maximum atomic E-state index is 12.7. The number of amides is 1. The van der Waals surface area contributed by atoms with Gasteiger partial charge >= 0.3 is 5.97 Å². The summed E-state index contributed by atoms with van der Waals surface area (Å²) in [4.78, 5) is 24.2. The number of carboxylic acid groups (broad SMARTS) is 1. The summed E-state index contributed by atoms with van der Waals surface area (Å²) >= 11 is 6.11. The number of carboxylic acids is 1. The van der Waals surface area contributed by atoms with Crippen LogP contribution in [0.2, 0.25) is 5.02 Å². The zero-order valence-electron chi connectivity index (χ0n) is 18.2. The lowest BCUT2D eigenvalue weighted by atomic mass is 10.1. The number of rotatable bonds is 5. The smallest absolute Gasteiger partial charge is 0.336 e. The van der Waals surface area contributed by atoms with Crippen molar-refractivity contribution in [3.63, 3.8) is 0 Å². The summed E-state index contributed by atoms with van der Waals surface area (Å²) < 4.78 is 1.92. The molecule has 0 bridgehead atoms. The second-order valence-electron chi connectivity index (χ2n) is 7.50. The lowest BCUT2D eigenvalue weighted by Crippen LogP contribution is -2.13. The van der Waals surface area contributed by atoms with Crippen LogP contribution in [-0.4, -0.2) is 21.6 Å². The van der Waals surface area contributed by atoms with Crippen LogP contribution in [-0.2, 0) is 4.79 Å². The lowest BCUT2D eigenvalue weighted by Gasteiger charge is -2.14. The molecule has 0 saturated heterocycles. The van der Waals surface area contributed by atoms with Crippen LogP contribution in [0.4, 0.5) is 5.69 Å². The molecular formula is C25H22ClN3O3. The SMILES string of the molecule is Cc1ccc(NC(=O)/C(C#N)=C\c2cc(C)n(-c3cccc(C(=O)O)c3C)c2C)cc1Cl. The van der Waals surface area contributed by atoms with Crippen molar-refractivity contribution in [2.24, 2.45) is 0 Å². The predicted molar refractivity (Wildman–Crippen MR) is 125 cm³/mol. The first-order valence-electron chi connectivity index (χ1n) is 9.85. The minimum absolute atomic E-state index is 0.0574. The Kier molecular flexibility index (Phi) is 6.52. The summed E-state index contributed by atoms with van der Waals surface area (Å²) in [5.74, 6) is -1.53. The maximum Gasteiger partial charge on any atom is 0.336 e. The molecule has 3 rings (SSSR count). The van der Waals surface area contributed by atoms with Crippen molar-refractivity contribution in [3.05, 3.63) is 86.7 Å². The van der Waals surface area contributed by atoms with Crippen molar-refractivity contribution in [1.82, 2.24) is 4.57 Å². The van der Waals surface area contributed by atoms with Crippen LogP contribution in [0.5, 0.6) is 0 Å². The summed E-state index contributed by atoms with van der Waals surface area (Å²) in [5.41, 5.74) is 5.24. The molecule has 2 N–H and O–H groups in total. The fourth-order valence-electron chi connectivity index (χ4n) is 3.57. The first-order valence-corrected chi connectivity index (χ1v) is 10.2. The fourth-order valence-corrected chi connectivity index (χ4v) is 3.76. The molecule has 0 fully saturated rings. The van der Waals surface area contributed by atoms with Gasteiger partial charge in [-0.25, -0.2) is 4.79 Å². The minimum atomic E-state index is -0.994. The van der Waals surface area contributed by atoms with Gasteiger partial charge in [-0.3, -0.25) is 4.79 Å². The Balaban J connectivity index is 1.99. The van der Waals surface area contributed by atoms with Gasteiger partial charge in [0.1, 0.15) is 11.6 Å². The van der Waals surface area contributed by atoms with E-state index in [1.165, 1.54) is 6.08 Å². The number of nitriles is 1. The van der Waals surface area contributed by atoms with Crippen LogP contribution in [0.25, 0.3) is 11.8 Å². The van der Waals surface area contributed by atoms with Crippen LogP contribution in [0.15, 0.2) is 48.0 Å². The number of hydrogen-bond donors (Lipinski definition) is 2. The minimum Gasteiger partial charge on any atom is -0.478 e. The van der Waals surface area contributed by atoms with Gasteiger partial charge in [0, 0.05) is 27.8 Å². The van der Waals surface area contributed by atoms with Crippen LogP contribution >= 0.6 is 11.6 Å². The van der Waals surface area contributed by atoms with Crippen LogP contribution in [0, 0.1) is 39.0 Å². The molecule has 0 aliphatic rings. The van der Waals surface area contributed by atoms with Gasteiger partial charge in [-0.15, -0.1) is 0 Å². The summed E-state index contributed by atoms with van der Waals surface area (Å²) in [6, 6.07) is 14.1. The van der Waals surface area contributed by atoms with Gasteiger partial charge in [0.05, 0.1) is 5.56 Å². The largest absolute Gasteiger partial charge is 0.478 e. The molecule has 1 heterocycles. The monoisotopic (exact) mass is 447 g/mol. The molecule has 3 aromatic rings. The Bertz CT molecular complexity index is 1310. The highest BCUT2D eigenvalue weighted by molar-refractivity contribution is 6.31. The molecule has 1 amide bonds. The van der Waals surface area contributed by atoms with Crippen molar-refractivity contribution >= 4 is 35.2 Å². The molecule has 7 heteroatoms. The first kappa shape index (κ1) is 22.9. The van der Waals surface area contributed by atoms with Gasteiger partial charge in [0.25, 0.3) is 5.91 Å². The number of carbonyl (C=O) groups is 2. The molecule has 0 saturated carbocycles. The summed E-state index contributed by atoms with van der Waals surface area (Å²) in [7, 11) is 0. The average Bonchev–Trinajstić information content (AvgIpc) is 3.01. The molecule has 0 aliphatic carbocycles. The van der Waals surface area contributed by atoms with E-state index in [0.717, 1.165) is 22.6 Å². The first-order chi connectivity index (χ1) is 15.1. The molecule has 0 spiro atoms. The van der Waals surface area contributed by atoms with Gasteiger partial charge in [-0.05, 0) is 80.8 Å². The standard InChI is InChI=1S/C25H22ClN3O3/c1-14-8-9-20(12-22(14)26)28-24(30)19(13-27)11-18-10-15(2)29(17(18)4)23-7-5-6-21(16(23)3)25(31)32/h5-12H,1-4H3,(H,28,30)(H,31,32)/b19-11-. The van der Waals surface area contributed by atoms with Crippen molar-refractivity contribution in [2.75, 3.05) is 5.32 Å². The highest BCUT2D eigenvalue weighted by Crippen LogP contribution is 2.27. The van der Waals surface area contributed by atoms with E-state index in [1.54, 1.807) is 37.3 Å².